The number of rotatable bonds is 3. The number of carbonyl (C=O) groups is 2. The standard InChI is InChI=1S/C13H16FNO3/c1-8(12(17)18-13(2,3)4)11(16)9-5-6-15-7-10(9)14/h5-8H,1-4H3. The molecule has 0 aliphatic heterocycles. The molecule has 1 aromatic rings. The van der Waals surface area contributed by atoms with E-state index in [0.29, 0.717) is 0 Å². The Kier molecular flexibility index (Phi) is 4.16. The Hall–Kier alpha value is -1.78. The summed E-state index contributed by atoms with van der Waals surface area (Å²) in [4.78, 5) is 27.2. The lowest BCUT2D eigenvalue weighted by Crippen LogP contribution is -2.31. The van der Waals surface area contributed by atoms with Crippen molar-refractivity contribution in [2.75, 3.05) is 0 Å². The van der Waals surface area contributed by atoms with E-state index in [4.69, 9.17) is 4.74 Å². The normalized spacial score (nSPS) is 12.9. The molecular weight excluding hydrogens is 237 g/mol. The van der Waals surface area contributed by atoms with Crippen molar-refractivity contribution in [2.24, 2.45) is 5.92 Å². The van der Waals surface area contributed by atoms with E-state index in [1.54, 1.807) is 20.8 Å². The number of pyridine rings is 1. The van der Waals surface area contributed by atoms with Crippen LogP contribution in [0.4, 0.5) is 4.39 Å². The molecule has 0 aliphatic rings. The average molecular weight is 253 g/mol. The minimum absolute atomic E-state index is 0.150. The van der Waals surface area contributed by atoms with Gasteiger partial charge in [0, 0.05) is 6.20 Å². The quantitative estimate of drug-likeness (QED) is 0.471. The van der Waals surface area contributed by atoms with Gasteiger partial charge in [-0.3, -0.25) is 14.6 Å². The first-order chi connectivity index (χ1) is 8.22. The highest BCUT2D eigenvalue weighted by Crippen LogP contribution is 2.16. The molecule has 4 nitrogen and oxygen atoms in total. The van der Waals surface area contributed by atoms with Gasteiger partial charge < -0.3 is 4.74 Å². The number of esters is 1. The molecule has 0 amide bonds. The molecule has 1 rings (SSSR count). The van der Waals surface area contributed by atoms with Gasteiger partial charge in [0.15, 0.2) is 11.6 Å². The zero-order chi connectivity index (χ0) is 13.9. The van der Waals surface area contributed by atoms with Crippen LogP contribution in [0, 0.1) is 11.7 Å². The Balaban J connectivity index is 2.85. The molecule has 1 atom stereocenters. The summed E-state index contributed by atoms with van der Waals surface area (Å²) in [5.41, 5.74) is -0.828. The van der Waals surface area contributed by atoms with Gasteiger partial charge in [-0.05, 0) is 33.8 Å². The number of ketones is 1. The summed E-state index contributed by atoms with van der Waals surface area (Å²) >= 11 is 0. The maximum Gasteiger partial charge on any atom is 0.317 e. The summed E-state index contributed by atoms with van der Waals surface area (Å²) in [7, 11) is 0. The summed E-state index contributed by atoms with van der Waals surface area (Å²) < 4.78 is 18.5. The predicted molar refractivity (Wildman–Crippen MR) is 63.5 cm³/mol. The SMILES string of the molecule is CC(C(=O)OC(C)(C)C)C(=O)c1ccncc1F. The molecule has 0 radical (unpaired) electrons. The van der Waals surface area contributed by atoms with Crippen LogP contribution in [0.25, 0.3) is 0 Å². The van der Waals surface area contributed by atoms with E-state index in [0.717, 1.165) is 6.20 Å². The molecule has 98 valence electrons. The van der Waals surface area contributed by atoms with Gasteiger partial charge in [0.05, 0.1) is 11.8 Å². The van der Waals surface area contributed by atoms with Crippen molar-refractivity contribution in [3.8, 4) is 0 Å². The number of nitrogens with zero attached hydrogens (tertiary/aromatic N) is 1. The highest BCUT2D eigenvalue weighted by atomic mass is 19.1. The van der Waals surface area contributed by atoms with Crippen LogP contribution in [0.3, 0.4) is 0 Å². The molecule has 0 N–H and O–H groups in total. The third-order valence-electron chi connectivity index (χ3n) is 2.19. The van der Waals surface area contributed by atoms with Crippen LogP contribution in [0.2, 0.25) is 0 Å². The molecule has 0 aromatic carbocycles. The number of carbonyl (C=O) groups excluding carboxylic acids is 2. The fourth-order valence-corrected chi connectivity index (χ4v) is 1.31. The van der Waals surface area contributed by atoms with Gasteiger partial charge in [-0.25, -0.2) is 4.39 Å². The number of ether oxygens (including phenoxy) is 1. The van der Waals surface area contributed by atoms with Crippen LogP contribution < -0.4 is 0 Å². The van der Waals surface area contributed by atoms with Gasteiger partial charge in [0.2, 0.25) is 0 Å². The first-order valence-corrected chi connectivity index (χ1v) is 5.59. The lowest BCUT2D eigenvalue weighted by atomic mass is 10.00. The molecule has 0 bridgehead atoms. The number of aromatic nitrogens is 1. The first kappa shape index (κ1) is 14.3. The van der Waals surface area contributed by atoms with Crippen LogP contribution in [0.1, 0.15) is 38.1 Å². The number of Topliss-reactive ketones (excluding diaryl/α,β-unsaturated/α-hetero) is 1. The largest absolute Gasteiger partial charge is 0.459 e. The van der Waals surface area contributed by atoms with Crippen LogP contribution in [0.15, 0.2) is 18.5 Å². The van der Waals surface area contributed by atoms with Crippen molar-refractivity contribution < 1.29 is 18.7 Å². The summed E-state index contributed by atoms with van der Waals surface area (Å²) in [6.07, 6.45) is 2.24. The van der Waals surface area contributed by atoms with Crippen molar-refractivity contribution in [1.82, 2.24) is 4.98 Å². The van der Waals surface area contributed by atoms with E-state index in [9.17, 15) is 14.0 Å². The van der Waals surface area contributed by atoms with Crippen molar-refractivity contribution >= 4 is 11.8 Å². The Morgan fingerprint density at radius 3 is 2.50 bits per heavy atom. The summed E-state index contributed by atoms with van der Waals surface area (Å²) in [5.74, 6) is -3.05. The van der Waals surface area contributed by atoms with E-state index >= 15 is 0 Å². The maximum absolute atomic E-state index is 13.4. The minimum Gasteiger partial charge on any atom is -0.459 e. The first-order valence-electron chi connectivity index (χ1n) is 5.59. The number of hydrogen-bond donors (Lipinski definition) is 0. The average Bonchev–Trinajstić information content (AvgIpc) is 2.25. The lowest BCUT2D eigenvalue weighted by Gasteiger charge is -2.21. The Bertz CT molecular complexity index is 466. The van der Waals surface area contributed by atoms with Crippen LogP contribution in [-0.2, 0) is 9.53 Å². The van der Waals surface area contributed by atoms with Crippen LogP contribution in [-0.4, -0.2) is 22.3 Å². The second-order valence-corrected chi connectivity index (χ2v) is 4.97. The molecule has 0 saturated carbocycles. The van der Waals surface area contributed by atoms with Gasteiger partial charge in [-0.2, -0.15) is 0 Å². The van der Waals surface area contributed by atoms with Gasteiger partial charge in [0.25, 0.3) is 0 Å². The summed E-state index contributed by atoms with van der Waals surface area (Å²) in [6, 6.07) is 1.25. The molecule has 0 fully saturated rings. The van der Waals surface area contributed by atoms with Gasteiger partial charge >= 0.3 is 5.97 Å². The molecule has 1 unspecified atom stereocenters. The highest BCUT2D eigenvalue weighted by Gasteiger charge is 2.29. The minimum atomic E-state index is -1.04. The van der Waals surface area contributed by atoms with Crippen molar-refractivity contribution in [2.45, 2.75) is 33.3 Å². The molecule has 0 saturated heterocycles. The number of halogens is 1. The molecule has 1 heterocycles. The monoisotopic (exact) mass is 253 g/mol. The number of hydrogen-bond acceptors (Lipinski definition) is 4. The summed E-state index contributed by atoms with van der Waals surface area (Å²) in [5, 5.41) is 0. The second kappa shape index (κ2) is 5.25. The van der Waals surface area contributed by atoms with Crippen LogP contribution >= 0.6 is 0 Å². The van der Waals surface area contributed by atoms with E-state index in [-0.39, 0.29) is 5.56 Å². The van der Waals surface area contributed by atoms with Crippen molar-refractivity contribution in [3.63, 3.8) is 0 Å². The maximum atomic E-state index is 13.4. The van der Waals surface area contributed by atoms with Crippen molar-refractivity contribution in [3.05, 3.63) is 29.8 Å². The Morgan fingerprint density at radius 2 is 2.00 bits per heavy atom. The van der Waals surface area contributed by atoms with E-state index < -0.39 is 29.1 Å². The lowest BCUT2D eigenvalue weighted by molar-refractivity contribution is -0.157. The zero-order valence-electron chi connectivity index (χ0n) is 10.9. The smallest absolute Gasteiger partial charge is 0.317 e. The van der Waals surface area contributed by atoms with E-state index in [2.05, 4.69) is 4.98 Å². The Morgan fingerprint density at radius 1 is 1.39 bits per heavy atom. The Labute approximate surface area is 105 Å². The second-order valence-electron chi connectivity index (χ2n) is 4.97. The molecule has 18 heavy (non-hydrogen) atoms. The van der Waals surface area contributed by atoms with Gasteiger partial charge in [0.1, 0.15) is 11.5 Å². The summed E-state index contributed by atoms with van der Waals surface area (Å²) in [6.45, 7) is 6.51. The van der Waals surface area contributed by atoms with Crippen molar-refractivity contribution in [1.29, 1.82) is 0 Å². The topological polar surface area (TPSA) is 56.3 Å². The molecule has 1 aromatic heterocycles. The predicted octanol–water partition coefficient (Wildman–Crippen LogP) is 2.38. The van der Waals surface area contributed by atoms with Crippen LogP contribution in [0.5, 0.6) is 0 Å². The third-order valence-corrected chi connectivity index (χ3v) is 2.19. The van der Waals surface area contributed by atoms with E-state index in [1.807, 2.05) is 0 Å². The highest BCUT2D eigenvalue weighted by molar-refractivity contribution is 6.08. The molecule has 5 heteroatoms. The molecular formula is C13H16FNO3. The molecule has 0 spiro atoms. The van der Waals surface area contributed by atoms with Gasteiger partial charge in [-0.15, -0.1) is 0 Å². The fraction of sp³-hybridized carbons (Fsp3) is 0.462. The fourth-order valence-electron chi connectivity index (χ4n) is 1.31. The molecule has 0 aliphatic carbocycles. The zero-order valence-corrected chi connectivity index (χ0v) is 10.9. The van der Waals surface area contributed by atoms with E-state index in [1.165, 1.54) is 19.2 Å². The third kappa shape index (κ3) is 3.61. The van der Waals surface area contributed by atoms with Gasteiger partial charge in [-0.1, -0.05) is 0 Å².